The zero-order valence-corrected chi connectivity index (χ0v) is 12.7. The second-order valence-corrected chi connectivity index (χ2v) is 5.58. The molecule has 22 heavy (non-hydrogen) atoms. The van der Waals surface area contributed by atoms with Gasteiger partial charge in [-0.15, -0.1) is 0 Å². The van der Waals surface area contributed by atoms with E-state index >= 15 is 0 Å². The van der Waals surface area contributed by atoms with Crippen LogP contribution in [0.4, 0.5) is 0 Å². The first-order chi connectivity index (χ1) is 10.7. The van der Waals surface area contributed by atoms with Crippen molar-refractivity contribution in [2.24, 2.45) is 0 Å². The van der Waals surface area contributed by atoms with Crippen molar-refractivity contribution in [3.63, 3.8) is 0 Å². The van der Waals surface area contributed by atoms with Crippen LogP contribution in [0.3, 0.4) is 0 Å². The number of phenols is 1. The number of aryl methyl sites for hydroxylation is 1. The van der Waals surface area contributed by atoms with E-state index in [4.69, 9.17) is 0 Å². The van der Waals surface area contributed by atoms with Crippen molar-refractivity contribution in [2.45, 2.75) is 26.3 Å². The Labute approximate surface area is 130 Å². The molecule has 1 amide bonds. The fraction of sp³-hybridized carbons (Fsp3) is 0.278. The number of nitrogens with one attached hydrogen (secondary N) is 1. The van der Waals surface area contributed by atoms with Gasteiger partial charge < -0.3 is 5.11 Å². The molecule has 1 heterocycles. The Morgan fingerprint density at radius 3 is 2.73 bits per heavy atom. The highest BCUT2D eigenvalue weighted by Crippen LogP contribution is 2.26. The summed E-state index contributed by atoms with van der Waals surface area (Å²) in [6.45, 7) is 3.36. The minimum absolute atomic E-state index is 0.110. The smallest absolute Gasteiger partial charge is 0.265 e. The van der Waals surface area contributed by atoms with Gasteiger partial charge in [-0.3, -0.25) is 10.2 Å². The zero-order chi connectivity index (χ0) is 15.5. The Balaban J connectivity index is 1.69. The molecule has 0 bridgehead atoms. The maximum atomic E-state index is 12.3. The second kappa shape index (κ2) is 6.20. The third kappa shape index (κ3) is 2.97. The topological polar surface area (TPSA) is 52.6 Å². The molecular weight excluding hydrogens is 276 g/mol. The van der Waals surface area contributed by atoms with Gasteiger partial charge in [0.1, 0.15) is 5.75 Å². The summed E-state index contributed by atoms with van der Waals surface area (Å²) in [6, 6.07) is 13.2. The molecule has 0 aromatic heterocycles. The number of hydrazine groups is 1. The second-order valence-electron chi connectivity index (χ2n) is 5.58. The Bertz CT molecular complexity index is 680. The van der Waals surface area contributed by atoms with Crippen LogP contribution in [0.25, 0.3) is 0 Å². The average molecular weight is 296 g/mol. The molecule has 0 saturated carbocycles. The first-order valence-electron chi connectivity index (χ1n) is 7.62. The summed E-state index contributed by atoms with van der Waals surface area (Å²) in [4.78, 5) is 12.3. The molecule has 2 N–H and O–H groups in total. The van der Waals surface area contributed by atoms with E-state index < -0.39 is 0 Å². The molecule has 0 saturated heterocycles. The number of hydrogen-bond donors (Lipinski definition) is 2. The molecule has 1 aliphatic heterocycles. The Morgan fingerprint density at radius 2 is 2.00 bits per heavy atom. The van der Waals surface area contributed by atoms with Crippen molar-refractivity contribution >= 4 is 5.91 Å². The van der Waals surface area contributed by atoms with Gasteiger partial charge in [0.2, 0.25) is 0 Å². The van der Waals surface area contributed by atoms with Crippen LogP contribution in [0.2, 0.25) is 0 Å². The van der Waals surface area contributed by atoms with Crippen LogP contribution in [0.5, 0.6) is 5.75 Å². The van der Waals surface area contributed by atoms with E-state index in [0.29, 0.717) is 17.9 Å². The molecule has 0 spiro atoms. The minimum atomic E-state index is -0.110. The first kappa shape index (κ1) is 14.6. The summed E-state index contributed by atoms with van der Waals surface area (Å²) in [6.07, 6.45) is 1.78. The predicted molar refractivity (Wildman–Crippen MR) is 85.5 cm³/mol. The number of hydrogen-bond acceptors (Lipinski definition) is 3. The third-order valence-electron chi connectivity index (χ3n) is 4.13. The van der Waals surface area contributed by atoms with Gasteiger partial charge in [0.05, 0.1) is 0 Å². The standard InChI is InChI=1S/C18H20N2O2/c1-2-13-6-8-15(9-7-13)18(22)19-20-11-10-14-4-3-5-17(21)16(14)12-20/h3-9,21H,2,10-12H2,1H3,(H,19,22). The number of phenolic OH excluding ortho intramolecular Hbond substituents is 1. The van der Waals surface area contributed by atoms with E-state index in [-0.39, 0.29) is 5.91 Å². The number of fused-ring (bicyclic) bond motifs is 1. The molecule has 114 valence electrons. The summed E-state index contributed by atoms with van der Waals surface area (Å²) >= 11 is 0. The maximum absolute atomic E-state index is 12.3. The molecule has 0 aliphatic carbocycles. The van der Waals surface area contributed by atoms with Crippen molar-refractivity contribution in [3.05, 3.63) is 64.7 Å². The monoisotopic (exact) mass is 296 g/mol. The van der Waals surface area contributed by atoms with Gasteiger partial charge in [0, 0.05) is 24.2 Å². The first-order valence-corrected chi connectivity index (χ1v) is 7.62. The summed E-state index contributed by atoms with van der Waals surface area (Å²) < 4.78 is 0. The third-order valence-corrected chi connectivity index (χ3v) is 4.13. The molecule has 1 aliphatic rings. The van der Waals surface area contributed by atoms with E-state index in [0.717, 1.165) is 30.5 Å². The maximum Gasteiger partial charge on any atom is 0.265 e. The molecule has 2 aromatic carbocycles. The predicted octanol–water partition coefficient (Wildman–Crippen LogP) is 2.66. The van der Waals surface area contributed by atoms with Crippen LogP contribution in [-0.2, 0) is 19.4 Å². The lowest BCUT2D eigenvalue weighted by Gasteiger charge is -2.29. The van der Waals surface area contributed by atoms with Crippen LogP contribution >= 0.6 is 0 Å². The zero-order valence-electron chi connectivity index (χ0n) is 12.7. The van der Waals surface area contributed by atoms with Crippen LogP contribution in [0.1, 0.15) is 34.0 Å². The molecular formula is C18H20N2O2. The Hall–Kier alpha value is -2.33. The molecule has 0 fully saturated rings. The molecule has 0 radical (unpaired) electrons. The molecule has 4 heteroatoms. The number of rotatable bonds is 3. The van der Waals surface area contributed by atoms with Crippen molar-refractivity contribution in [2.75, 3.05) is 6.54 Å². The van der Waals surface area contributed by atoms with Crippen molar-refractivity contribution in [1.82, 2.24) is 10.4 Å². The molecule has 0 atom stereocenters. The van der Waals surface area contributed by atoms with Crippen molar-refractivity contribution < 1.29 is 9.90 Å². The number of benzene rings is 2. The van der Waals surface area contributed by atoms with E-state index in [1.54, 1.807) is 6.07 Å². The van der Waals surface area contributed by atoms with E-state index in [1.165, 1.54) is 5.56 Å². The Kier molecular flexibility index (Phi) is 4.11. The average Bonchev–Trinajstić information content (AvgIpc) is 2.55. The lowest BCUT2D eigenvalue weighted by molar-refractivity contribution is 0.0761. The van der Waals surface area contributed by atoms with Crippen LogP contribution in [0, 0.1) is 0 Å². The lowest BCUT2D eigenvalue weighted by Crippen LogP contribution is -2.44. The van der Waals surface area contributed by atoms with E-state index in [2.05, 4.69) is 12.3 Å². The highest BCUT2D eigenvalue weighted by Gasteiger charge is 2.20. The quantitative estimate of drug-likeness (QED) is 0.915. The summed E-state index contributed by atoms with van der Waals surface area (Å²) in [5.41, 5.74) is 6.84. The molecule has 4 nitrogen and oxygen atoms in total. The number of nitrogens with zero attached hydrogens (tertiary/aromatic N) is 1. The van der Waals surface area contributed by atoms with Crippen molar-refractivity contribution in [1.29, 1.82) is 0 Å². The minimum Gasteiger partial charge on any atom is -0.508 e. The van der Waals surface area contributed by atoms with Crippen LogP contribution in [0.15, 0.2) is 42.5 Å². The fourth-order valence-corrected chi connectivity index (χ4v) is 2.76. The van der Waals surface area contributed by atoms with Crippen molar-refractivity contribution in [3.8, 4) is 5.75 Å². The molecule has 2 aromatic rings. The Morgan fingerprint density at radius 1 is 1.23 bits per heavy atom. The molecule has 0 unspecified atom stereocenters. The number of carbonyl (C=O) groups is 1. The van der Waals surface area contributed by atoms with Crippen LogP contribution in [-0.4, -0.2) is 22.6 Å². The fourth-order valence-electron chi connectivity index (χ4n) is 2.76. The number of amides is 1. The van der Waals surface area contributed by atoms with Gasteiger partial charge in [-0.05, 0) is 42.2 Å². The van der Waals surface area contributed by atoms with Gasteiger partial charge in [0.25, 0.3) is 5.91 Å². The largest absolute Gasteiger partial charge is 0.508 e. The summed E-state index contributed by atoms with van der Waals surface area (Å²) in [5.74, 6) is 0.185. The number of aromatic hydroxyl groups is 1. The van der Waals surface area contributed by atoms with Gasteiger partial charge in [0.15, 0.2) is 0 Å². The van der Waals surface area contributed by atoms with E-state index in [9.17, 15) is 9.90 Å². The van der Waals surface area contributed by atoms with E-state index in [1.807, 2.05) is 41.4 Å². The summed E-state index contributed by atoms with van der Waals surface area (Å²) in [5, 5.41) is 11.8. The van der Waals surface area contributed by atoms with Gasteiger partial charge >= 0.3 is 0 Å². The van der Waals surface area contributed by atoms with Gasteiger partial charge in [-0.25, -0.2) is 5.01 Å². The normalized spacial score (nSPS) is 14.4. The SMILES string of the molecule is CCc1ccc(C(=O)NN2CCc3cccc(O)c3C2)cc1. The summed E-state index contributed by atoms with van der Waals surface area (Å²) in [7, 11) is 0. The van der Waals surface area contributed by atoms with Gasteiger partial charge in [-0.1, -0.05) is 31.2 Å². The van der Waals surface area contributed by atoms with Gasteiger partial charge in [-0.2, -0.15) is 0 Å². The lowest BCUT2D eigenvalue weighted by atomic mass is 10.00. The highest BCUT2D eigenvalue weighted by atomic mass is 16.3. The molecule has 3 rings (SSSR count). The highest BCUT2D eigenvalue weighted by molar-refractivity contribution is 5.93. The van der Waals surface area contributed by atoms with Crippen LogP contribution < -0.4 is 5.43 Å². The number of carbonyl (C=O) groups excluding carboxylic acids is 1.